The number of amides is 1. The van der Waals surface area contributed by atoms with Crippen LogP contribution in [0.2, 0.25) is 0 Å². The molecule has 6 nitrogen and oxygen atoms in total. The number of carbonyl (C=O) groups is 1. The van der Waals surface area contributed by atoms with Crippen molar-refractivity contribution in [3.05, 3.63) is 41.9 Å². The maximum atomic E-state index is 13.0. The molecule has 0 saturated carbocycles. The second-order valence-electron chi connectivity index (χ2n) is 6.52. The molecular formula is C18H23N5O. The molecule has 3 rings (SSSR count). The summed E-state index contributed by atoms with van der Waals surface area (Å²) in [6, 6.07) is 7.76. The molecule has 0 N–H and O–H groups in total. The van der Waals surface area contributed by atoms with Crippen molar-refractivity contribution < 1.29 is 4.79 Å². The summed E-state index contributed by atoms with van der Waals surface area (Å²) in [4.78, 5) is 29.9. The fourth-order valence-electron chi connectivity index (χ4n) is 3.22. The first-order valence-corrected chi connectivity index (χ1v) is 8.21. The zero-order valence-electron chi connectivity index (χ0n) is 14.6. The molecule has 1 aliphatic heterocycles. The van der Waals surface area contributed by atoms with Crippen molar-refractivity contribution in [1.29, 1.82) is 0 Å². The van der Waals surface area contributed by atoms with Crippen LogP contribution in [0.5, 0.6) is 0 Å². The summed E-state index contributed by atoms with van der Waals surface area (Å²) in [6.07, 6.45) is 1.78. The van der Waals surface area contributed by atoms with Crippen LogP contribution in [0.4, 0.5) is 11.8 Å². The molecule has 2 atom stereocenters. The molecule has 0 spiro atoms. The minimum Gasteiger partial charge on any atom is -0.356 e. The topological polar surface area (TPSA) is 62.2 Å². The van der Waals surface area contributed by atoms with Gasteiger partial charge in [-0.2, -0.15) is 0 Å². The summed E-state index contributed by atoms with van der Waals surface area (Å²) < 4.78 is 0. The zero-order valence-corrected chi connectivity index (χ0v) is 14.6. The molecule has 1 fully saturated rings. The summed E-state index contributed by atoms with van der Waals surface area (Å²) in [6.45, 7) is 7.44. The van der Waals surface area contributed by atoms with E-state index in [0.29, 0.717) is 12.5 Å². The molecule has 2 aromatic rings. The smallest absolute Gasteiger partial charge is 0.234 e. The van der Waals surface area contributed by atoms with Gasteiger partial charge in [0.1, 0.15) is 5.82 Å². The molecular weight excluding hydrogens is 302 g/mol. The van der Waals surface area contributed by atoms with E-state index >= 15 is 0 Å². The Kier molecular flexibility index (Phi) is 4.46. The summed E-state index contributed by atoms with van der Waals surface area (Å²) in [5.41, 5.74) is 1.73. The van der Waals surface area contributed by atoms with E-state index in [2.05, 4.69) is 26.8 Å². The molecule has 1 saturated heterocycles. The number of anilines is 2. The fraction of sp³-hybridized carbons (Fsp3) is 0.444. The average Bonchev–Trinajstić information content (AvgIpc) is 2.95. The second-order valence-corrected chi connectivity index (χ2v) is 6.52. The van der Waals surface area contributed by atoms with E-state index in [4.69, 9.17) is 0 Å². The van der Waals surface area contributed by atoms with Crippen molar-refractivity contribution in [2.24, 2.45) is 11.8 Å². The number of hydrogen-bond donors (Lipinski definition) is 0. The first-order valence-electron chi connectivity index (χ1n) is 8.21. The van der Waals surface area contributed by atoms with Crippen molar-refractivity contribution in [3.8, 4) is 0 Å². The van der Waals surface area contributed by atoms with Crippen LogP contribution in [0, 0.1) is 25.7 Å². The largest absolute Gasteiger partial charge is 0.356 e. The SMILES string of the molecule is Cc1cc(C)nc(N(C)C(=O)[C@@H]2CN(c3ccccn3)C[C@H]2C)n1. The Hall–Kier alpha value is -2.50. The average molecular weight is 325 g/mol. The first kappa shape index (κ1) is 16.4. The van der Waals surface area contributed by atoms with Gasteiger partial charge in [-0.05, 0) is 38.0 Å². The third-order valence-corrected chi connectivity index (χ3v) is 4.50. The van der Waals surface area contributed by atoms with E-state index in [1.54, 1.807) is 18.1 Å². The maximum Gasteiger partial charge on any atom is 0.234 e. The van der Waals surface area contributed by atoms with Crippen LogP contribution in [-0.4, -0.2) is 41.0 Å². The third kappa shape index (κ3) is 3.22. The maximum absolute atomic E-state index is 13.0. The van der Waals surface area contributed by atoms with Gasteiger partial charge in [-0.1, -0.05) is 13.0 Å². The summed E-state index contributed by atoms with van der Waals surface area (Å²) in [5, 5.41) is 0. The second kappa shape index (κ2) is 6.55. The lowest BCUT2D eigenvalue weighted by Crippen LogP contribution is -2.37. The van der Waals surface area contributed by atoms with Gasteiger partial charge in [0.05, 0.1) is 5.92 Å². The zero-order chi connectivity index (χ0) is 17.3. The van der Waals surface area contributed by atoms with Gasteiger partial charge in [0, 0.05) is 37.7 Å². The van der Waals surface area contributed by atoms with Crippen molar-refractivity contribution in [2.75, 3.05) is 29.9 Å². The van der Waals surface area contributed by atoms with Gasteiger partial charge in [-0.15, -0.1) is 0 Å². The number of aromatic nitrogens is 3. The van der Waals surface area contributed by atoms with E-state index in [1.807, 2.05) is 38.1 Å². The Labute approximate surface area is 142 Å². The standard InChI is InChI=1S/C18H23N5O/c1-12-10-23(16-7-5-6-8-19-16)11-15(12)17(24)22(4)18-20-13(2)9-14(3)21-18/h5-9,12,15H,10-11H2,1-4H3/t12-,15-/m1/s1. The Morgan fingerprint density at radius 3 is 2.54 bits per heavy atom. The third-order valence-electron chi connectivity index (χ3n) is 4.50. The summed E-state index contributed by atoms with van der Waals surface area (Å²) in [5.74, 6) is 1.63. The Bertz CT molecular complexity index is 713. The minimum atomic E-state index is -0.0820. The minimum absolute atomic E-state index is 0.0610. The predicted octanol–water partition coefficient (Wildman–Crippen LogP) is 2.22. The van der Waals surface area contributed by atoms with Crippen LogP contribution in [-0.2, 0) is 4.79 Å². The molecule has 126 valence electrons. The van der Waals surface area contributed by atoms with Gasteiger partial charge in [0.15, 0.2) is 0 Å². The van der Waals surface area contributed by atoms with Crippen LogP contribution in [0.15, 0.2) is 30.5 Å². The number of aryl methyl sites for hydroxylation is 2. The number of nitrogens with zero attached hydrogens (tertiary/aromatic N) is 5. The van der Waals surface area contributed by atoms with Crippen LogP contribution >= 0.6 is 0 Å². The highest BCUT2D eigenvalue weighted by atomic mass is 16.2. The van der Waals surface area contributed by atoms with E-state index < -0.39 is 0 Å². The number of carbonyl (C=O) groups excluding carboxylic acids is 1. The van der Waals surface area contributed by atoms with E-state index in [-0.39, 0.29) is 17.7 Å². The van der Waals surface area contributed by atoms with E-state index in [1.165, 1.54) is 0 Å². The van der Waals surface area contributed by atoms with Gasteiger partial charge in [-0.3, -0.25) is 9.69 Å². The normalized spacial score (nSPS) is 20.2. The highest BCUT2D eigenvalue weighted by Gasteiger charge is 2.37. The highest BCUT2D eigenvalue weighted by Crippen LogP contribution is 2.28. The number of pyridine rings is 1. The molecule has 3 heterocycles. The predicted molar refractivity (Wildman–Crippen MR) is 94.0 cm³/mol. The Balaban J connectivity index is 1.77. The monoisotopic (exact) mass is 325 g/mol. The van der Waals surface area contributed by atoms with Crippen LogP contribution in [0.1, 0.15) is 18.3 Å². The van der Waals surface area contributed by atoms with Crippen molar-refractivity contribution in [3.63, 3.8) is 0 Å². The summed E-state index contributed by atoms with van der Waals surface area (Å²) >= 11 is 0. The Morgan fingerprint density at radius 1 is 1.21 bits per heavy atom. The molecule has 1 amide bonds. The molecule has 0 bridgehead atoms. The quantitative estimate of drug-likeness (QED) is 0.866. The van der Waals surface area contributed by atoms with Crippen molar-refractivity contribution >= 4 is 17.7 Å². The highest BCUT2D eigenvalue weighted by molar-refractivity contribution is 5.93. The van der Waals surface area contributed by atoms with Gasteiger partial charge in [-0.25, -0.2) is 15.0 Å². The molecule has 2 aromatic heterocycles. The molecule has 0 unspecified atom stereocenters. The van der Waals surface area contributed by atoms with Gasteiger partial charge in [0.25, 0.3) is 0 Å². The van der Waals surface area contributed by atoms with Crippen LogP contribution in [0.25, 0.3) is 0 Å². The molecule has 1 aliphatic rings. The van der Waals surface area contributed by atoms with E-state index in [9.17, 15) is 4.79 Å². The lowest BCUT2D eigenvalue weighted by molar-refractivity contribution is -0.122. The molecule has 0 aromatic carbocycles. The van der Waals surface area contributed by atoms with Gasteiger partial charge in [0.2, 0.25) is 11.9 Å². The fourth-order valence-corrected chi connectivity index (χ4v) is 3.22. The van der Waals surface area contributed by atoms with Gasteiger partial charge >= 0.3 is 0 Å². The molecule has 6 heteroatoms. The number of rotatable bonds is 3. The van der Waals surface area contributed by atoms with Gasteiger partial charge < -0.3 is 4.90 Å². The van der Waals surface area contributed by atoms with Crippen molar-refractivity contribution in [1.82, 2.24) is 15.0 Å². The lowest BCUT2D eigenvalue weighted by atomic mass is 9.97. The summed E-state index contributed by atoms with van der Waals surface area (Å²) in [7, 11) is 1.76. The first-order chi connectivity index (χ1) is 11.5. The Morgan fingerprint density at radius 2 is 1.92 bits per heavy atom. The van der Waals surface area contributed by atoms with Crippen LogP contribution in [0.3, 0.4) is 0 Å². The lowest BCUT2D eigenvalue weighted by Gasteiger charge is -2.22. The molecule has 0 aliphatic carbocycles. The van der Waals surface area contributed by atoms with Crippen LogP contribution < -0.4 is 9.80 Å². The molecule has 0 radical (unpaired) electrons. The number of hydrogen-bond acceptors (Lipinski definition) is 5. The van der Waals surface area contributed by atoms with Crippen molar-refractivity contribution in [2.45, 2.75) is 20.8 Å². The van der Waals surface area contributed by atoms with E-state index in [0.717, 1.165) is 23.8 Å². The molecule has 24 heavy (non-hydrogen) atoms.